The molecule has 1 saturated carbocycles. The Kier molecular flexibility index (Phi) is 5.17. The average molecular weight is 319 g/mol. The minimum absolute atomic E-state index is 0.0997. The molecule has 1 aromatic heterocycles. The van der Waals surface area contributed by atoms with Crippen LogP contribution in [0.15, 0.2) is 11.1 Å². The molecule has 23 heavy (non-hydrogen) atoms. The van der Waals surface area contributed by atoms with Crippen molar-refractivity contribution in [3.63, 3.8) is 0 Å². The number of aromatic nitrogens is 2. The summed E-state index contributed by atoms with van der Waals surface area (Å²) in [5.74, 6) is 0.536. The van der Waals surface area contributed by atoms with E-state index in [4.69, 9.17) is 0 Å². The zero-order valence-electron chi connectivity index (χ0n) is 14.4. The van der Waals surface area contributed by atoms with Gasteiger partial charge in [-0.1, -0.05) is 12.8 Å². The first-order chi connectivity index (χ1) is 11.1. The van der Waals surface area contributed by atoms with E-state index in [-0.39, 0.29) is 11.7 Å². The third-order valence-corrected chi connectivity index (χ3v) is 5.78. The van der Waals surface area contributed by atoms with Gasteiger partial charge in [0, 0.05) is 23.8 Å². The molecule has 2 atom stereocenters. The summed E-state index contributed by atoms with van der Waals surface area (Å²) in [6.07, 6.45) is 8.24. The number of hydrogen-bond acceptors (Lipinski definition) is 4. The lowest BCUT2D eigenvalue weighted by atomic mass is 9.88. The number of rotatable bonds is 3. The van der Waals surface area contributed by atoms with Crippen LogP contribution >= 0.6 is 0 Å². The molecule has 0 spiro atoms. The van der Waals surface area contributed by atoms with Gasteiger partial charge in [0.2, 0.25) is 0 Å². The summed E-state index contributed by atoms with van der Waals surface area (Å²) in [5, 5.41) is 10.2. The van der Waals surface area contributed by atoms with Gasteiger partial charge in [0.1, 0.15) is 0 Å². The average Bonchev–Trinajstić information content (AvgIpc) is 2.57. The van der Waals surface area contributed by atoms with Crippen molar-refractivity contribution in [2.75, 3.05) is 13.1 Å². The summed E-state index contributed by atoms with van der Waals surface area (Å²) < 4.78 is 1.78. The second kappa shape index (κ2) is 7.14. The molecule has 2 fully saturated rings. The summed E-state index contributed by atoms with van der Waals surface area (Å²) >= 11 is 0. The van der Waals surface area contributed by atoms with Crippen molar-refractivity contribution in [1.29, 1.82) is 0 Å². The van der Waals surface area contributed by atoms with Gasteiger partial charge in [-0.05, 0) is 58.5 Å². The van der Waals surface area contributed by atoms with E-state index in [0.29, 0.717) is 12.0 Å². The van der Waals surface area contributed by atoms with Crippen molar-refractivity contribution in [2.45, 2.75) is 71.1 Å². The van der Waals surface area contributed by atoms with E-state index in [1.54, 1.807) is 10.9 Å². The molecule has 1 N–H and O–H groups in total. The number of aliphatic hydroxyl groups is 1. The van der Waals surface area contributed by atoms with E-state index in [9.17, 15) is 9.90 Å². The van der Waals surface area contributed by atoms with Crippen LogP contribution in [-0.4, -0.2) is 44.8 Å². The second-order valence-corrected chi connectivity index (χ2v) is 7.31. The first-order valence-corrected chi connectivity index (χ1v) is 9.01. The Hall–Kier alpha value is -1.20. The molecular weight excluding hydrogens is 290 g/mol. The van der Waals surface area contributed by atoms with E-state index in [1.807, 2.05) is 13.8 Å². The Balaban J connectivity index is 1.57. The van der Waals surface area contributed by atoms with Gasteiger partial charge in [0.05, 0.1) is 12.4 Å². The summed E-state index contributed by atoms with van der Waals surface area (Å²) in [5.41, 5.74) is 1.69. The van der Waals surface area contributed by atoms with Gasteiger partial charge >= 0.3 is 0 Å². The van der Waals surface area contributed by atoms with Gasteiger partial charge in [-0.15, -0.1) is 0 Å². The summed E-state index contributed by atoms with van der Waals surface area (Å²) in [4.78, 5) is 19.1. The van der Waals surface area contributed by atoms with Gasteiger partial charge in [-0.25, -0.2) is 4.98 Å². The second-order valence-electron chi connectivity index (χ2n) is 7.31. The highest BCUT2D eigenvalue weighted by Crippen LogP contribution is 2.27. The molecule has 0 bridgehead atoms. The maximum absolute atomic E-state index is 12.3. The molecule has 2 aliphatic rings. The number of nitrogens with zero attached hydrogens (tertiary/aromatic N) is 3. The van der Waals surface area contributed by atoms with Crippen molar-refractivity contribution in [3.05, 3.63) is 27.9 Å². The fraction of sp³-hybridized carbons (Fsp3) is 0.778. The summed E-state index contributed by atoms with van der Waals surface area (Å²) in [6, 6.07) is 0.357. The molecule has 1 aliphatic carbocycles. The maximum Gasteiger partial charge on any atom is 0.256 e. The molecule has 128 valence electrons. The third kappa shape index (κ3) is 3.66. The predicted molar refractivity (Wildman–Crippen MR) is 90.5 cm³/mol. The Morgan fingerprint density at radius 2 is 1.87 bits per heavy atom. The summed E-state index contributed by atoms with van der Waals surface area (Å²) in [6.45, 7) is 6.59. The topological polar surface area (TPSA) is 58.4 Å². The smallest absolute Gasteiger partial charge is 0.256 e. The van der Waals surface area contributed by atoms with Crippen molar-refractivity contribution < 1.29 is 5.11 Å². The highest BCUT2D eigenvalue weighted by Gasteiger charge is 2.31. The normalized spacial score (nSPS) is 27.3. The van der Waals surface area contributed by atoms with Crippen LogP contribution in [0.4, 0.5) is 0 Å². The maximum atomic E-state index is 12.3. The van der Waals surface area contributed by atoms with E-state index in [0.717, 1.165) is 63.0 Å². The van der Waals surface area contributed by atoms with E-state index in [1.165, 1.54) is 6.42 Å². The van der Waals surface area contributed by atoms with Crippen LogP contribution in [0.25, 0.3) is 0 Å². The molecule has 5 heteroatoms. The fourth-order valence-corrected chi connectivity index (χ4v) is 4.07. The number of aryl methyl sites for hydroxylation is 1. The van der Waals surface area contributed by atoms with Gasteiger partial charge in [-0.3, -0.25) is 14.3 Å². The van der Waals surface area contributed by atoms with Gasteiger partial charge < -0.3 is 5.11 Å². The van der Waals surface area contributed by atoms with Gasteiger partial charge in [0.15, 0.2) is 0 Å². The number of aliphatic hydroxyl groups excluding tert-OH is 1. The van der Waals surface area contributed by atoms with Crippen molar-refractivity contribution in [1.82, 2.24) is 14.5 Å². The minimum Gasteiger partial charge on any atom is -0.391 e. The van der Waals surface area contributed by atoms with Crippen LogP contribution in [0.3, 0.4) is 0 Å². The highest BCUT2D eigenvalue weighted by molar-refractivity contribution is 5.12. The molecule has 1 aliphatic heterocycles. The molecule has 2 heterocycles. The zero-order valence-corrected chi connectivity index (χ0v) is 14.4. The molecular formula is C18H29N3O2. The van der Waals surface area contributed by atoms with Gasteiger partial charge in [0.25, 0.3) is 5.56 Å². The Bertz CT molecular complexity index is 590. The predicted octanol–water partition coefficient (Wildman–Crippen LogP) is 1.88. The monoisotopic (exact) mass is 319 g/mol. The fourth-order valence-electron chi connectivity index (χ4n) is 4.07. The lowest BCUT2D eigenvalue weighted by Gasteiger charge is -2.41. The lowest BCUT2D eigenvalue weighted by molar-refractivity contribution is 0.00272. The van der Waals surface area contributed by atoms with E-state index in [2.05, 4.69) is 9.88 Å². The molecule has 2 unspecified atom stereocenters. The van der Waals surface area contributed by atoms with Crippen molar-refractivity contribution >= 4 is 0 Å². The van der Waals surface area contributed by atoms with Crippen LogP contribution in [0.2, 0.25) is 0 Å². The van der Waals surface area contributed by atoms with Gasteiger partial charge in [-0.2, -0.15) is 0 Å². The Labute approximate surface area is 138 Å². The van der Waals surface area contributed by atoms with Crippen LogP contribution in [-0.2, 0) is 6.54 Å². The number of likely N-dealkylation sites (tertiary alicyclic amines) is 1. The Morgan fingerprint density at radius 3 is 2.57 bits per heavy atom. The van der Waals surface area contributed by atoms with Crippen LogP contribution < -0.4 is 5.56 Å². The van der Waals surface area contributed by atoms with E-state index >= 15 is 0 Å². The molecule has 1 saturated heterocycles. The van der Waals surface area contributed by atoms with Crippen LogP contribution in [0, 0.1) is 19.8 Å². The van der Waals surface area contributed by atoms with Crippen molar-refractivity contribution in [2.24, 2.45) is 5.92 Å². The largest absolute Gasteiger partial charge is 0.391 e. The molecule has 0 radical (unpaired) electrons. The quantitative estimate of drug-likeness (QED) is 0.924. The van der Waals surface area contributed by atoms with Crippen LogP contribution in [0.1, 0.15) is 49.8 Å². The SMILES string of the molecule is Cc1ncn(CC2CCN(C3CCCCC3O)CC2)c(=O)c1C. The summed E-state index contributed by atoms with van der Waals surface area (Å²) in [7, 11) is 0. The highest BCUT2D eigenvalue weighted by atomic mass is 16.3. The first kappa shape index (κ1) is 16.7. The first-order valence-electron chi connectivity index (χ1n) is 9.01. The minimum atomic E-state index is -0.146. The molecule has 3 rings (SSSR count). The molecule has 1 aromatic rings. The molecule has 5 nitrogen and oxygen atoms in total. The lowest BCUT2D eigenvalue weighted by Crippen LogP contribution is -2.49. The number of piperidine rings is 1. The van der Waals surface area contributed by atoms with Crippen molar-refractivity contribution in [3.8, 4) is 0 Å². The third-order valence-electron chi connectivity index (χ3n) is 5.78. The zero-order chi connectivity index (χ0) is 16.4. The van der Waals surface area contributed by atoms with E-state index < -0.39 is 0 Å². The Morgan fingerprint density at radius 1 is 1.17 bits per heavy atom. The molecule has 0 aromatic carbocycles. The standard InChI is InChI=1S/C18H29N3O2/c1-13-14(2)19-12-21(18(13)23)11-15-7-9-20(10-8-15)16-5-3-4-6-17(16)22/h12,15-17,22H,3-11H2,1-2H3. The van der Waals surface area contributed by atoms with Crippen LogP contribution in [0.5, 0.6) is 0 Å². The number of hydrogen-bond donors (Lipinski definition) is 1. The molecule has 0 amide bonds.